The number of aliphatic hydroxyl groups excluding tert-OH is 1. The first-order valence-electron chi connectivity index (χ1n) is 5.91. The molecule has 0 aliphatic heterocycles. The summed E-state index contributed by atoms with van der Waals surface area (Å²) in [6.07, 6.45) is 0.189. The highest BCUT2D eigenvalue weighted by atomic mass is 79.9. The molecule has 1 aromatic carbocycles. The molecule has 3 N–H and O–H groups in total. The Kier molecular flexibility index (Phi) is 6.27. The Hall–Kier alpha value is -1.11. The van der Waals surface area contributed by atoms with Gasteiger partial charge in [-0.2, -0.15) is 0 Å². The highest BCUT2D eigenvalue weighted by molar-refractivity contribution is 9.10. The second kappa shape index (κ2) is 7.47. The summed E-state index contributed by atoms with van der Waals surface area (Å²) in [4.78, 5) is 11.5. The van der Waals surface area contributed by atoms with E-state index in [2.05, 4.69) is 21.2 Å². The fourth-order valence-electron chi connectivity index (χ4n) is 1.25. The van der Waals surface area contributed by atoms with Gasteiger partial charge in [-0.05, 0) is 25.1 Å². The summed E-state index contributed by atoms with van der Waals surface area (Å²) >= 11 is 3.33. The predicted octanol–water partition coefficient (Wildman–Crippen LogP) is 1.08. The number of ether oxygens (including phenoxy) is 1. The average molecular weight is 332 g/mol. The van der Waals surface area contributed by atoms with Crippen LogP contribution in [0.2, 0.25) is 0 Å². The van der Waals surface area contributed by atoms with Crippen LogP contribution in [0.15, 0.2) is 28.7 Å². The Balaban J connectivity index is 2.24. The standard InChI is InChI=1S/C13H18BrNO4/c1-13(18,9-16)8-15-12(17)5-6-19-11-4-2-3-10(14)7-11/h2-4,7,16,18H,5-6,8-9H2,1H3,(H,15,17). The largest absolute Gasteiger partial charge is 0.493 e. The smallest absolute Gasteiger partial charge is 0.223 e. The molecule has 0 aliphatic rings. The van der Waals surface area contributed by atoms with Crippen molar-refractivity contribution in [3.8, 4) is 5.75 Å². The van der Waals surface area contributed by atoms with Crippen LogP contribution in [0.1, 0.15) is 13.3 Å². The molecule has 0 aliphatic carbocycles. The summed E-state index contributed by atoms with van der Waals surface area (Å²) in [5, 5.41) is 20.9. The number of carbonyl (C=O) groups excluding carboxylic acids is 1. The van der Waals surface area contributed by atoms with Crippen molar-refractivity contribution in [2.24, 2.45) is 0 Å². The van der Waals surface area contributed by atoms with Gasteiger partial charge < -0.3 is 20.3 Å². The van der Waals surface area contributed by atoms with E-state index >= 15 is 0 Å². The number of carbonyl (C=O) groups is 1. The van der Waals surface area contributed by atoms with Gasteiger partial charge in [0.05, 0.1) is 19.6 Å². The van der Waals surface area contributed by atoms with Crippen LogP contribution in [0.5, 0.6) is 5.75 Å². The summed E-state index contributed by atoms with van der Waals surface area (Å²) in [6.45, 7) is 1.32. The second-order valence-corrected chi connectivity index (χ2v) is 5.40. The Morgan fingerprint density at radius 2 is 2.26 bits per heavy atom. The topological polar surface area (TPSA) is 78.8 Å². The summed E-state index contributed by atoms with van der Waals surface area (Å²) in [5.41, 5.74) is -1.29. The second-order valence-electron chi connectivity index (χ2n) is 4.49. The minimum absolute atomic E-state index is 0.0131. The molecule has 0 bridgehead atoms. The molecule has 0 saturated heterocycles. The van der Waals surface area contributed by atoms with Gasteiger partial charge in [0.2, 0.25) is 5.91 Å². The fraction of sp³-hybridized carbons (Fsp3) is 0.462. The summed E-state index contributed by atoms with van der Waals surface area (Å²) < 4.78 is 6.32. The van der Waals surface area contributed by atoms with Crippen molar-refractivity contribution in [2.75, 3.05) is 19.8 Å². The molecule has 19 heavy (non-hydrogen) atoms. The third kappa shape index (κ3) is 6.56. The van der Waals surface area contributed by atoms with E-state index in [-0.39, 0.29) is 25.5 Å². The van der Waals surface area contributed by atoms with E-state index in [0.29, 0.717) is 5.75 Å². The van der Waals surface area contributed by atoms with Crippen LogP contribution in [0.25, 0.3) is 0 Å². The lowest BCUT2D eigenvalue weighted by Gasteiger charge is -2.20. The van der Waals surface area contributed by atoms with Crippen LogP contribution in [-0.4, -0.2) is 41.5 Å². The molecule has 6 heteroatoms. The first kappa shape index (κ1) is 15.9. The molecule has 0 fully saturated rings. The lowest BCUT2D eigenvalue weighted by molar-refractivity contribution is -0.123. The Bertz CT molecular complexity index is 423. The van der Waals surface area contributed by atoms with Crippen molar-refractivity contribution in [1.29, 1.82) is 0 Å². The summed E-state index contributed by atoms with van der Waals surface area (Å²) in [5.74, 6) is 0.452. The number of amides is 1. The van der Waals surface area contributed by atoms with E-state index in [4.69, 9.17) is 9.84 Å². The Morgan fingerprint density at radius 3 is 2.89 bits per heavy atom. The molecule has 0 spiro atoms. The van der Waals surface area contributed by atoms with Gasteiger partial charge in [-0.25, -0.2) is 0 Å². The number of halogens is 1. The molecule has 0 aromatic heterocycles. The van der Waals surface area contributed by atoms with Crippen molar-refractivity contribution in [2.45, 2.75) is 18.9 Å². The number of hydrogen-bond acceptors (Lipinski definition) is 4. The van der Waals surface area contributed by atoms with Gasteiger partial charge in [-0.1, -0.05) is 22.0 Å². The molecule has 5 nitrogen and oxygen atoms in total. The zero-order chi connectivity index (χ0) is 14.3. The predicted molar refractivity (Wildman–Crippen MR) is 75.0 cm³/mol. The maximum Gasteiger partial charge on any atom is 0.223 e. The molecular formula is C13H18BrNO4. The van der Waals surface area contributed by atoms with E-state index in [0.717, 1.165) is 4.47 Å². The lowest BCUT2D eigenvalue weighted by Crippen LogP contribution is -2.43. The fourth-order valence-corrected chi connectivity index (χ4v) is 1.63. The summed E-state index contributed by atoms with van der Waals surface area (Å²) in [6, 6.07) is 7.35. The Labute approximate surface area is 120 Å². The van der Waals surface area contributed by atoms with Gasteiger partial charge in [0.1, 0.15) is 11.4 Å². The van der Waals surface area contributed by atoms with Gasteiger partial charge in [0.15, 0.2) is 0 Å². The first-order chi connectivity index (χ1) is 8.93. The minimum atomic E-state index is -1.29. The Morgan fingerprint density at radius 1 is 1.53 bits per heavy atom. The van der Waals surface area contributed by atoms with Gasteiger partial charge in [0, 0.05) is 11.0 Å². The van der Waals surface area contributed by atoms with Crippen molar-refractivity contribution in [3.05, 3.63) is 28.7 Å². The molecule has 1 atom stereocenters. The molecule has 0 radical (unpaired) electrons. The molecule has 0 heterocycles. The van der Waals surface area contributed by atoms with Crippen molar-refractivity contribution in [1.82, 2.24) is 5.32 Å². The van der Waals surface area contributed by atoms with Crippen LogP contribution in [0.4, 0.5) is 0 Å². The van der Waals surface area contributed by atoms with Gasteiger partial charge in [-0.15, -0.1) is 0 Å². The average Bonchev–Trinajstić information content (AvgIpc) is 2.37. The maximum atomic E-state index is 11.5. The highest BCUT2D eigenvalue weighted by Gasteiger charge is 2.19. The monoisotopic (exact) mass is 331 g/mol. The van der Waals surface area contributed by atoms with Crippen LogP contribution < -0.4 is 10.1 Å². The highest BCUT2D eigenvalue weighted by Crippen LogP contribution is 2.17. The van der Waals surface area contributed by atoms with Gasteiger partial charge in [0.25, 0.3) is 0 Å². The third-order valence-corrected chi connectivity index (χ3v) is 2.89. The molecule has 1 rings (SSSR count). The minimum Gasteiger partial charge on any atom is -0.493 e. The molecule has 0 saturated carbocycles. The lowest BCUT2D eigenvalue weighted by atomic mass is 10.1. The zero-order valence-corrected chi connectivity index (χ0v) is 12.3. The molecule has 1 unspecified atom stereocenters. The van der Waals surface area contributed by atoms with Crippen LogP contribution in [0.3, 0.4) is 0 Å². The molecule has 1 aromatic rings. The molecule has 1 amide bonds. The number of aliphatic hydroxyl groups is 2. The zero-order valence-electron chi connectivity index (χ0n) is 10.7. The van der Waals surface area contributed by atoms with E-state index in [1.165, 1.54) is 6.92 Å². The quantitative estimate of drug-likeness (QED) is 0.698. The molecule has 106 valence electrons. The number of rotatable bonds is 7. The SMILES string of the molecule is CC(O)(CO)CNC(=O)CCOc1cccc(Br)c1. The van der Waals surface area contributed by atoms with Crippen LogP contribution in [0, 0.1) is 0 Å². The number of hydrogen-bond donors (Lipinski definition) is 3. The first-order valence-corrected chi connectivity index (χ1v) is 6.70. The van der Waals surface area contributed by atoms with E-state index in [1.54, 1.807) is 6.07 Å². The maximum absolute atomic E-state index is 11.5. The van der Waals surface area contributed by atoms with Crippen molar-refractivity contribution in [3.63, 3.8) is 0 Å². The van der Waals surface area contributed by atoms with E-state index < -0.39 is 12.2 Å². The van der Waals surface area contributed by atoms with E-state index in [9.17, 15) is 9.90 Å². The number of benzene rings is 1. The normalized spacial score (nSPS) is 13.7. The van der Waals surface area contributed by atoms with Crippen molar-refractivity contribution < 1.29 is 19.7 Å². The van der Waals surface area contributed by atoms with Gasteiger partial charge >= 0.3 is 0 Å². The summed E-state index contributed by atoms with van der Waals surface area (Å²) in [7, 11) is 0. The van der Waals surface area contributed by atoms with Crippen molar-refractivity contribution >= 4 is 21.8 Å². The third-order valence-electron chi connectivity index (χ3n) is 2.40. The number of nitrogens with one attached hydrogen (secondary N) is 1. The van der Waals surface area contributed by atoms with Crippen LogP contribution >= 0.6 is 15.9 Å². The van der Waals surface area contributed by atoms with Gasteiger partial charge in [-0.3, -0.25) is 4.79 Å². The van der Waals surface area contributed by atoms with E-state index in [1.807, 2.05) is 18.2 Å². The van der Waals surface area contributed by atoms with Crippen LogP contribution in [-0.2, 0) is 4.79 Å². The molecular weight excluding hydrogens is 314 g/mol.